The summed E-state index contributed by atoms with van der Waals surface area (Å²) in [6.07, 6.45) is 4.77. The van der Waals surface area contributed by atoms with Crippen molar-refractivity contribution >= 4 is 62.3 Å². The average Bonchev–Trinajstić information content (AvgIpc) is 3.44. The molecule has 3 heterocycles. The molecule has 0 fully saturated rings. The van der Waals surface area contributed by atoms with Crippen LogP contribution in [0.25, 0.3) is 15.9 Å². The molecule has 2 aromatic carbocycles. The van der Waals surface area contributed by atoms with Gasteiger partial charge in [-0.2, -0.15) is 0 Å². The molecular weight excluding hydrogens is 488 g/mol. The number of benzene rings is 2. The Morgan fingerprint density at radius 2 is 1.58 bits per heavy atom. The van der Waals surface area contributed by atoms with E-state index < -0.39 is 0 Å². The molecule has 0 saturated heterocycles. The van der Waals surface area contributed by atoms with Gasteiger partial charge in [-0.25, -0.2) is 9.38 Å². The molecule has 4 nitrogen and oxygen atoms in total. The van der Waals surface area contributed by atoms with E-state index in [1.807, 2.05) is 23.5 Å². The lowest BCUT2D eigenvalue weighted by molar-refractivity contribution is 0.700. The first-order chi connectivity index (χ1) is 16.3. The van der Waals surface area contributed by atoms with E-state index in [2.05, 4.69) is 52.0 Å². The molecule has 0 atom stereocenters. The summed E-state index contributed by atoms with van der Waals surface area (Å²) in [5.74, 6) is 1.67. The highest BCUT2D eigenvalue weighted by Crippen LogP contribution is 2.40. The van der Waals surface area contributed by atoms with Crippen LogP contribution in [-0.4, -0.2) is 19.6 Å². The molecule has 0 bridgehead atoms. The third-order valence-electron chi connectivity index (χ3n) is 5.89. The minimum atomic E-state index is 0.755. The van der Waals surface area contributed by atoms with Gasteiger partial charge in [0, 0.05) is 21.4 Å². The van der Waals surface area contributed by atoms with Crippen molar-refractivity contribution in [1.29, 1.82) is 0 Å². The largest absolute Gasteiger partial charge is 0.247 e. The van der Waals surface area contributed by atoms with E-state index in [0.717, 1.165) is 50.2 Å². The fraction of sp³-hybridized carbons (Fsp3) is 0.240. The summed E-state index contributed by atoms with van der Waals surface area (Å²) in [6, 6.07) is 18.5. The number of hydrogen-bond donors (Lipinski definition) is 0. The standard InChI is InChI=1S/C25H21ClN4S3/c26-18-12-10-17(11-13-18)15-32-25-29-28-22-21-19-8-4-5-9-20(19)33-23(21)27-24(30(22)25)31-14-16-6-2-1-3-7-16/h1-3,6-7,10-13H,4-5,8-9,14-15H2. The Morgan fingerprint density at radius 1 is 0.848 bits per heavy atom. The lowest BCUT2D eigenvalue weighted by atomic mass is 9.97. The zero-order valence-corrected chi connectivity index (χ0v) is 21.0. The Bertz CT molecular complexity index is 1430. The van der Waals surface area contributed by atoms with Crippen molar-refractivity contribution in [3.8, 4) is 0 Å². The molecule has 1 aliphatic carbocycles. The topological polar surface area (TPSA) is 43.1 Å². The zero-order chi connectivity index (χ0) is 22.2. The fourth-order valence-corrected chi connectivity index (χ4v) is 7.58. The van der Waals surface area contributed by atoms with Crippen molar-refractivity contribution in [3.63, 3.8) is 0 Å². The first-order valence-electron chi connectivity index (χ1n) is 11.0. The molecule has 8 heteroatoms. The van der Waals surface area contributed by atoms with E-state index in [1.165, 1.54) is 39.8 Å². The lowest BCUT2D eigenvalue weighted by Gasteiger charge is -2.11. The minimum Gasteiger partial charge on any atom is -0.247 e. The van der Waals surface area contributed by atoms with Gasteiger partial charge in [-0.3, -0.25) is 0 Å². The van der Waals surface area contributed by atoms with Crippen LogP contribution in [0.1, 0.15) is 34.4 Å². The molecule has 33 heavy (non-hydrogen) atoms. The molecule has 166 valence electrons. The summed E-state index contributed by atoms with van der Waals surface area (Å²) in [6.45, 7) is 0. The highest BCUT2D eigenvalue weighted by atomic mass is 35.5. The Hall–Kier alpha value is -2.06. The Balaban J connectivity index is 1.42. The number of aromatic nitrogens is 4. The molecule has 0 unspecified atom stereocenters. The highest BCUT2D eigenvalue weighted by molar-refractivity contribution is 7.99. The molecule has 3 aromatic heterocycles. The monoisotopic (exact) mass is 508 g/mol. The van der Waals surface area contributed by atoms with Crippen molar-refractivity contribution in [2.75, 3.05) is 0 Å². The van der Waals surface area contributed by atoms with E-state index in [0.29, 0.717) is 0 Å². The Kier molecular flexibility index (Phi) is 6.05. The van der Waals surface area contributed by atoms with Gasteiger partial charge < -0.3 is 0 Å². The van der Waals surface area contributed by atoms with Crippen LogP contribution in [0.15, 0.2) is 64.9 Å². The van der Waals surface area contributed by atoms with Crippen molar-refractivity contribution in [2.24, 2.45) is 0 Å². The predicted molar refractivity (Wildman–Crippen MR) is 140 cm³/mol. The number of thioether (sulfide) groups is 2. The number of thiophene rings is 1. The summed E-state index contributed by atoms with van der Waals surface area (Å²) in [4.78, 5) is 7.74. The van der Waals surface area contributed by atoms with Gasteiger partial charge in [0.1, 0.15) is 4.83 Å². The molecule has 1 aliphatic rings. The molecule has 0 saturated carbocycles. The van der Waals surface area contributed by atoms with Crippen LogP contribution in [-0.2, 0) is 24.3 Å². The fourth-order valence-electron chi connectivity index (χ4n) is 4.24. The maximum Gasteiger partial charge on any atom is 0.198 e. The first-order valence-corrected chi connectivity index (χ1v) is 14.2. The van der Waals surface area contributed by atoms with Crippen molar-refractivity contribution in [3.05, 3.63) is 81.2 Å². The van der Waals surface area contributed by atoms with E-state index in [9.17, 15) is 0 Å². The lowest BCUT2D eigenvalue weighted by Crippen LogP contribution is -2.01. The SMILES string of the molecule is Clc1ccc(CSc2nnc3c4c5c(sc4nc(SCc4ccccc4)n23)CCCC5)cc1. The van der Waals surface area contributed by atoms with Crippen LogP contribution in [0.5, 0.6) is 0 Å². The van der Waals surface area contributed by atoms with Gasteiger partial charge in [0.2, 0.25) is 0 Å². The van der Waals surface area contributed by atoms with Gasteiger partial charge in [-0.05, 0) is 54.5 Å². The first kappa shape index (κ1) is 21.5. The maximum atomic E-state index is 6.05. The number of fused-ring (bicyclic) bond motifs is 5. The second-order valence-electron chi connectivity index (χ2n) is 8.12. The molecule has 0 spiro atoms. The van der Waals surface area contributed by atoms with E-state index in [1.54, 1.807) is 23.5 Å². The summed E-state index contributed by atoms with van der Waals surface area (Å²) in [5, 5.41) is 13.1. The highest BCUT2D eigenvalue weighted by Gasteiger charge is 2.23. The molecule has 0 amide bonds. The molecule has 0 N–H and O–H groups in total. The minimum absolute atomic E-state index is 0.755. The van der Waals surface area contributed by atoms with E-state index in [4.69, 9.17) is 21.7 Å². The average molecular weight is 509 g/mol. The third kappa shape index (κ3) is 4.28. The number of aryl methyl sites for hydroxylation is 2. The van der Waals surface area contributed by atoms with Crippen LogP contribution in [0, 0.1) is 0 Å². The van der Waals surface area contributed by atoms with Gasteiger partial charge in [-0.1, -0.05) is 77.6 Å². The van der Waals surface area contributed by atoms with Gasteiger partial charge in [0.15, 0.2) is 16.0 Å². The molecule has 0 radical (unpaired) electrons. The molecule has 5 aromatic rings. The van der Waals surface area contributed by atoms with Crippen molar-refractivity contribution < 1.29 is 0 Å². The molecule has 6 rings (SSSR count). The van der Waals surface area contributed by atoms with Gasteiger partial charge in [0.25, 0.3) is 0 Å². The normalized spacial score (nSPS) is 13.6. The van der Waals surface area contributed by atoms with Crippen LogP contribution in [0.2, 0.25) is 5.02 Å². The molecule has 0 aliphatic heterocycles. The Labute approximate surface area is 209 Å². The number of nitrogens with zero attached hydrogens (tertiary/aromatic N) is 4. The molecular formula is C25H21ClN4S3. The maximum absolute atomic E-state index is 6.05. The van der Waals surface area contributed by atoms with Crippen LogP contribution >= 0.6 is 46.5 Å². The summed E-state index contributed by atoms with van der Waals surface area (Å²) in [7, 11) is 0. The quantitative estimate of drug-likeness (QED) is 0.176. The summed E-state index contributed by atoms with van der Waals surface area (Å²) in [5.41, 5.74) is 4.89. The predicted octanol–water partition coefficient (Wildman–Crippen LogP) is 7.46. The second kappa shape index (κ2) is 9.29. The van der Waals surface area contributed by atoms with Crippen molar-refractivity contribution in [1.82, 2.24) is 19.6 Å². The summed E-state index contributed by atoms with van der Waals surface area (Å²) < 4.78 is 2.18. The second-order valence-corrected chi connectivity index (χ2v) is 11.5. The van der Waals surface area contributed by atoms with Crippen LogP contribution in [0.3, 0.4) is 0 Å². The third-order valence-corrected chi connectivity index (χ3v) is 9.34. The number of rotatable bonds is 6. The van der Waals surface area contributed by atoms with Crippen LogP contribution in [0.4, 0.5) is 0 Å². The van der Waals surface area contributed by atoms with Crippen LogP contribution < -0.4 is 0 Å². The van der Waals surface area contributed by atoms with Gasteiger partial charge in [0.05, 0.1) is 5.39 Å². The zero-order valence-electron chi connectivity index (χ0n) is 17.8. The van der Waals surface area contributed by atoms with E-state index in [-0.39, 0.29) is 0 Å². The number of halogens is 1. The number of hydrogen-bond acceptors (Lipinski definition) is 6. The van der Waals surface area contributed by atoms with Gasteiger partial charge >= 0.3 is 0 Å². The van der Waals surface area contributed by atoms with Gasteiger partial charge in [-0.15, -0.1) is 21.5 Å². The van der Waals surface area contributed by atoms with E-state index >= 15 is 0 Å². The smallest absolute Gasteiger partial charge is 0.198 e. The van der Waals surface area contributed by atoms with Crippen molar-refractivity contribution in [2.45, 2.75) is 47.5 Å². The summed E-state index contributed by atoms with van der Waals surface area (Å²) >= 11 is 11.4. The Morgan fingerprint density at radius 3 is 2.39 bits per heavy atom.